The lowest BCUT2D eigenvalue weighted by atomic mass is 10.1. The summed E-state index contributed by atoms with van der Waals surface area (Å²) in [6, 6.07) is 7.08. The van der Waals surface area contributed by atoms with Crippen molar-refractivity contribution in [2.75, 3.05) is 0 Å². The molecule has 2 N–H and O–H groups in total. The van der Waals surface area contributed by atoms with Crippen molar-refractivity contribution in [1.82, 2.24) is 4.73 Å². The number of nitrogens with zero attached hydrogens (tertiary/aromatic N) is 2. The number of hydrogen-bond donors (Lipinski definition) is 2. The Morgan fingerprint density at radius 1 is 1.29 bits per heavy atom. The van der Waals surface area contributed by atoms with Gasteiger partial charge in [-0.05, 0) is 18.6 Å². The Labute approximate surface area is 80.3 Å². The minimum Gasteiger partial charge on any atom is -0.428 e. The van der Waals surface area contributed by atoms with Gasteiger partial charge in [-0.15, -0.1) is 0 Å². The third-order valence-electron chi connectivity index (χ3n) is 2.22. The summed E-state index contributed by atoms with van der Waals surface area (Å²) in [4.78, 5) is 0. The number of hydrogen-bond acceptors (Lipinski definition) is 3. The van der Waals surface area contributed by atoms with E-state index in [9.17, 15) is 5.21 Å². The average Bonchev–Trinajstić information content (AvgIpc) is 2.18. The van der Waals surface area contributed by atoms with Gasteiger partial charge in [0.2, 0.25) is 0 Å². The maximum atomic E-state index is 9.57. The van der Waals surface area contributed by atoms with Crippen molar-refractivity contribution >= 4 is 10.9 Å². The highest BCUT2D eigenvalue weighted by atomic mass is 16.5. The van der Waals surface area contributed by atoms with Crippen LogP contribution in [0.5, 0.6) is 0 Å². The Hall–Kier alpha value is -1.97. The first-order valence-corrected chi connectivity index (χ1v) is 4.22. The summed E-state index contributed by atoms with van der Waals surface area (Å²) < 4.78 is 1.03. The number of para-hydroxylation sites is 1. The molecule has 0 saturated heterocycles. The summed E-state index contributed by atoms with van der Waals surface area (Å²) in [5.41, 5.74) is 1.58. The summed E-state index contributed by atoms with van der Waals surface area (Å²) in [6.45, 7) is 1.89. The summed E-state index contributed by atoms with van der Waals surface area (Å²) in [7, 11) is 0. The lowest BCUT2D eigenvalue weighted by Crippen LogP contribution is -2.08. The number of rotatable bonds is 0. The van der Waals surface area contributed by atoms with Crippen LogP contribution in [0.1, 0.15) is 5.56 Å². The van der Waals surface area contributed by atoms with Gasteiger partial charge in [0.05, 0.1) is 5.52 Å². The van der Waals surface area contributed by atoms with Crippen LogP contribution < -0.4 is 5.36 Å². The zero-order valence-corrected chi connectivity index (χ0v) is 7.68. The van der Waals surface area contributed by atoms with E-state index in [0.717, 1.165) is 15.7 Å². The SMILES string of the molecule is Cc1cccc2c(=NO)ccn(O)c12. The van der Waals surface area contributed by atoms with E-state index in [1.54, 1.807) is 12.1 Å². The fraction of sp³-hybridized carbons (Fsp3) is 0.100. The Morgan fingerprint density at radius 2 is 2.07 bits per heavy atom. The lowest BCUT2D eigenvalue weighted by molar-refractivity contribution is 0.197. The van der Waals surface area contributed by atoms with E-state index in [0.29, 0.717) is 10.9 Å². The van der Waals surface area contributed by atoms with Crippen LogP contribution in [-0.2, 0) is 0 Å². The van der Waals surface area contributed by atoms with Crippen LogP contribution in [0.25, 0.3) is 10.9 Å². The Balaban J connectivity index is 3.07. The van der Waals surface area contributed by atoms with Gasteiger partial charge in [-0.2, -0.15) is 4.73 Å². The summed E-state index contributed by atoms with van der Waals surface area (Å²) >= 11 is 0. The summed E-state index contributed by atoms with van der Waals surface area (Å²) in [6.07, 6.45) is 1.45. The molecule has 0 aliphatic heterocycles. The molecule has 0 bridgehead atoms. The highest BCUT2D eigenvalue weighted by molar-refractivity contribution is 5.81. The Bertz CT molecular complexity index is 535. The molecule has 0 spiro atoms. The van der Waals surface area contributed by atoms with E-state index in [4.69, 9.17) is 5.21 Å². The van der Waals surface area contributed by atoms with Gasteiger partial charge in [-0.1, -0.05) is 23.4 Å². The molecular weight excluding hydrogens is 180 g/mol. The first-order valence-electron chi connectivity index (χ1n) is 4.22. The molecule has 1 heterocycles. The maximum absolute atomic E-state index is 9.57. The van der Waals surface area contributed by atoms with Gasteiger partial charge in [0.1, 0.15) is 5.36 Å². The minimum atomic E-state index is 0.453. The second kappa shape index (κ2) is 3.06. The molecule has 72 valence electrons. The molecule has 2 aromatic rings. The molecule has 0 aliphatic rings. The predicted molar refractivity (Wildman–Crippen MR) is 51.2 cm³/mol. The zero-order valence-electron chi connectivity index (χ0n) is 7.68. The van der Waals surface area contributed by atoms with Gasteiger partial charge in [-0.3, -0.25) is 0 Å². The molecule has 2 rings (SSSR count). The van der Waals surface area contributed by atoms with Crippen molar-refractivity contribution < 1.29 is 10.4 Å². The third-order valence-corrected chi connectivity index (χ3v) is 2.22. The molecule has 1 aromatic heterocycles. The van der Waals surface area contributed by atoms with Crippen molar-refractivity contribution in [3.05, 3.63) is 41.4 Å². The normalized spacial score (nSPS) is 12.2. The second-order valence-corrected chi connectivity index (χ2v) is 3.12. The second-order valence-electron chi connectivity index (χ2n) is 3.12. The van der Waals surface area contributed by atoms with Gasteiger partial charge < -0.3 is 10.4 Å². The monoisotopic (exact) mass is 190 g/mol. The van der Waals surface area contributed by atoms with Crippen LogP contribution in [0, 0.1) is 6.92 Å². The van der Waals surface area contributed by atoms with E-state index in [1.165, 1.54) is 6.20 Å². The number of pyridine rings is 1. The fourth-order valence-corrected chi connectivity index (χ4v) is 1.56. The number of aryl methyl sites for hydroxylation is 1. The van der Waals surface area contributed by atoms with E-state index >= 15 is 0 Å². The maximum Gasteiger partial charge on any atom is 0.113 e. The smallest absolute Gasteiger partial charge is 0.113 e. The van der Waals surface area contributed by atoms with Gasteiger partial charge in [-0.25, -0.2) is 0 Å². The standard InChI is InChI=1S/C10H10N2O2/c1-7-3-2-4-8-9(11-13)5-6-12(14)10(7)8/h2-6,13-14H,1H3. The van der Waals surface area contributed by atoms with Crippen molar-refractivity contribution in [1.29, 1.82) is 0 Å². The van der Waals surface area contributed by atoms with Crippen LogP contribution in [0.15, 0.2) is 35.6 Å². The van der Waals surface area contributed by atoms with Crippen LogP contribution in [0.2, 0.25) is 0 Å². The van der Waals surface area contributed by atoms with Crippen molar-refractivity contribution in [2.45, 2.75) is 6.92 Å². The molecule has 0 atom stereocenters. The average molecular weight is 190 g/mol. The van der Waals surface area contributed by atoms with Gasteiger partial charge >= 0.3 is 0 Å². The van der Waals surface area contributed by atoms with Crippen LogP contribution in [0.3, 0.4) is 0 Å². The molecule has 14 heavy (non-hydrogen) atoms. The summed E-state index contributed by atoms with van der Waals surface area (Å²) in [5.74, 6) is 0. The molecular formula is C10H10N2O2. The molecule has 0 fully saturated rings. The van der Waals surface area contributed by atoms with Crippen molar-refractivity contribution in [3.63, 3.8) is 0 Å². The molecule has 4 heteroatoms. The van der Waals surface area contributed by atoms with Crippen molar-refractivity contribution in [3.8, 4) is 0 Å². The highest BCUT2D eigenvalue weighted by Gasteiger charge is 2.02. The molecule has 0 aliphatic carbocycles. The van der Waals surface area contributed by atoms with Crippen molar-refractivity contribution in [2.24, 2.45) is 5.16 Å². The molecule has 0 amide bonds. The first-order chi connectivity index (χ1) is 6.74. The molecule has 0 unspecified atom stereocenters. The van der Waals surface area contributed by atoms with Gasteiger partial charge in [0.15, 0.2) is 0 Å². The molecule has 1 aromatic carbocycles. The van der Waals surface area contributed by atoms with Crippen LogP contribution in [-0.4, -0.2) is 15.1 Å². The molecule has 4 nitrogen and oxygen atoms in total. The van der Waals surface area contributed by atoms with E-state index in [-0.39, 0.29) is 0 Å². The predicted octanol–water partition coefficient (Wildman–Crippen LogP) is 1.48. The van der Waals surface area contributed by atoms with Gasteiger partial charge in [0, 0.05) is 11.6 Å². The minimum absolute atomic E-state index is 0.453. The topological polar surface area (TPSA) is 57.8 Å². The van der Waals surface area contributed by atoms with E-state index in [1.807, 2.05) is 19.1 Å². The largest absolute Gasteiger partial charge is 0.428 e. The Kier molecular flexibility index (Phi) is 1.89. The fourth-order valence-electron chi connectivity index (χ4n) is 1.56. The van der Waals surface area contributed by atoms with E-state index < -0.39 is 0 Å². The zero-order chi connectivity index (χ0) is 10.1. The molecule has 0 radical (unpaired) electrons. The first kappa shape index (κ1) is 8.62. The van der Waals surface area contributed by atoms with Crippen LogP contribution >= 0.6 is 0 Å². The molecule has 0 saturated carbocycles. The van der Waals surface area contributed by atoms with E-state index in [2.05, 4.69) is 5.16 Å². The van der Waals surface area contributed by atoms with Crippen LogP contribution in [0.4, 0.5) is 0 Å². The number of aromatic nitrogens is 1. The Morgan fingerprint density at radius 3 is 2.79 bits per heavy atom. The third kappa shape index (κ3) is 1.12. The lowest BCUT2D eigenvalue weighted by Gasteiger charge is -2.06. The quantitative estimate of drug-likeness (QED) is 0.375. The van der Waals surface area contributed by atoms with Gasteiger partial charge in [0.25, 0.3) is 0 Å². The number of fused-ring (bicyclic) bond motifs is 1. The number of benzene rings is 1. The highest BCUT2D eigenvalue weighted by Crippen LogP contribution is 2.13. The summed E-state index contributed by atoms with van der Waals surface area (Å²) in [5, 5.41) is 22.6.